The SMILES string of the molecule is Cc1ccc(NC(=O)COc2cccc(/C=C3\SC(=O)N(Cc4ccc5ccccc5c4)C3=O)c2)c(C)c1. The molecule has 38 heavy (non-hydrogen) atoms. The summed E-state index contributed by atoms with van der Waals surface area (Å²) in [6.07, 6.45) is 1.67. The average molecular weight is 523 g/mol. The van der Waals surface area contributed by atoms with Crippen LogP contribution in [0.2, 0.25) is 0 Å². The Kier molecular flexibility index (Phi) is 7.29. The molecule has 4 aromatic carbocycles. The molecule has 190 valence electrons. The molecule has 1 aliphatic heterocycles. The van der Waals surface area contributed by atoms with Crippen molar-refractivity contribution in [2.24, 2.45) is 0 Å². The zero-order valence-corrected chi connectivity index (χ0v) is 21.9. The number of anilines is 1. The smallest absolute Gasteiger partial charge is 0.293 e. The third-order valence-electron chi connectivity index (χ3n) is 6.21. The normalized spacial score (nSPS) is 14.4. The lowest BCUT2D eigenvalue weighted by molar-refractivity contribution is -0.123. The highest BCUT2D eigenvalue weighted by molar-refractivity contribution is 8.18. The second-order valence-electron chi connectivity index (χ2n) is 9.18. The van der Waals surface area contributed by atoms with Crippen LogP contribution in [0.25, 0.3) is 16.8 Å². The number of aryl methyl sites for hydroxylation is 2. The first kappa shape index (κ1) is 25.3. The number of amides is 3. The van der Waals surface area contributed by atoms with Gasteiger partial charge in [-0.05, 0) is 83.4 Å². The Morgan fingerprint density at radius 2 is 1.74 bits per heavy atom. The summed E-state index contributed by atoms with van der Waals surface area (Å²) in [5.74, 6) is -0.102. The lowest BCUT2D eigenvalue weighted by Gasteiger charge is -2.13. The second-order valence-corrected chi connectivity index (χ2v) is 10.2. The van der Waals surface area contributed by atoms with Gasteiger partial charge in [0.1, 0.15) is 5.75 Å². The maximum Gasteiger partial charge on any atom is 0.293 e. The highest BCUT2D eigenvalue weighted by atomic mass is 32.2. The summed E-state index contributed by atoms with van der Waals surface area (Å²) in [4.78, 5) is 39.7. The number of benzene rings is 4. The fourth-order valence-electron chi connectivity index (χ4n) is 4.29. The van der Waals surface area contributed by atoms with Crippen LogP contribution in [0, 0.1) is 13.8 Å². The minimum Gasteiger partial charge on any atom is -0.484 e. The van der Waals surface area contributed by atoms with E-state index in [1.807, 2.05) is 80.6 Å². The number of fused-ring (bicyclic) bond motifs is 1. The van der Waals surface area contributed by atoms with E-state index in [1.165, 1.54) is 4.90 Å². The quantitative estimate of drug-likeness (QED) is 0.273. The molecule has 4 aromatic rings. The summed E-state index contributed by atoms with van der Waals surface area (Å²) in [5, 5.41) is 4.73. The Balaban J connectivity index is 1.23. The van der Waals surface area contributed by atoms with Crippen LogP contribution in [0.15, 0.2) is 89.8 Å². The second kappa shape index (κ2) is 10.9. The average Bonchev–Trinajstić information content (AvgIpc) is 3.16. The maximum absolute atomic E-state index is 13.0. The minimum absolute atomic E-state index is 0.154. The molecule has 5 rings (SSSR count). The Bertz CT molecular complexity index is 1590. The van der Waals surface area contributed by atoms with Crippen molar-refractivity contribution >= 4 is 51.4 Å². The topological polar surface area (TPSA) is 75.7 Å². The number of thioether (sulfide) groups is 1. The highest BCUT2D eigenvalue weighted by Gasteiger charge is 2.35. The molecule has 0 saturated carbocycles. The summed E-state index contributed by atoms with van der Waals surface area (Å²) in [7, 11) is 0. The van der Waals surface area contributed by atoms with Gasteiger partial charge in [-0.25, -0.2) is 0 Å². The fourth-order valence-corrected chi connectivity index (χ4v) is 5.13. The van der Waals surface area contributed by atoms with Gasteiger partial charge in [-0.15, -0.1) is 0 Å². The van der Waals surface area contributed by atoms with Crippen LogP contribution in [0.3, 0.4) is 0 Å². The monoisotopic (exact) mass is 522 g/mol. The van der Waals surface area contributed by atoms with Gasteiger partial charge in [-0.2, -0.15) is 0 Å². The van der Waals surface area contributed by atoms with Gasteiger partial charge in [0.05, 0.1) is 11.4 Å². The summed E-state index contributed by atoms with van der Waals surface area (Å²) in [6, 6.07) is 26.8. The number of hydrogen-bond acceptors (Lipinski definition) is 5. The Morgan fingerprint density at radius 3 is 2.55 bits per heavy atom. The van der Waals surface area contributed by atoms with Gasteiger partial charge in [0.2, 0.25) is 0 Å². The molecule has 7 heteroatoms. The third kappa shape index (κ3) is 5.79. The molecule has 0 atom stereocenters. The molecular formula is C31H26N2O4S. The van der Waals surface area contributed by atoms with E-state index in [2.05, 4.69) is 5.32 Å². The minimum atomic E-state index is -0.327. The summed E-state index contributed by atoms with van der Waals surface area (Å²) in [5.41, 5.74) is 4.45. The third-order valence-corrected chi connectivity index (χ3v) is 7.12. The Hall–Kier alpha value is -4.36. The molecule has 0 unspecified atom stereocenters. The van der Waals surface area contributed by atoms with Gasteiger partial charge in [-0.3, -0.25) is 19.3 Å². The summed E-state index contributed by atoms with van der Waals surface area (Å²) < 4.78 is 5.68. The molecule has 1 saturated heterocycles. The van der Waals surface area contributed by atoms with Crippen molar-refractivity contribution in [3.8, 4) is 5.75 Å². The molecule has 1 N–H and O–H groups in total. The molecule has 0 bridgehead atoms. The largest absolute Gasteiger partial charge is 0.484 e. The number of nitrogens with zero attached hydrogens (tertiary/aromatic N) is 1. The van der Waals surface area contributed by atoms with Gasteiger partial charge in [0, 0.05) is 5.69 Å². The highest BCUT2D eigenvalue weighted by Crippen LogP contribution is 2.34. The van der Waals surface area contributed by atoms with E-state index in [-0.39, 0.29) is 30.2 Å². The molecule has 3 amide bonds. The number of imide groups is 1. The first-order valence-electron chi connectivity index (χ1n) is 12.2. The van der Waals surface area contributed by atoms with E-state index in [0.717, 1.165) is 44.9 Å². The number of hydrogen-bond donors (Lipinski definition) is 1. The Morgan fingerprint density at radius 1 is 0.921 bits per heavy atom. The molecule has 0 radical (unpaired) electrons. The lowest BCUT2D eigenvalue weighted by atomic mass is 10.1. The number of ether oxygens (including phenoxy) is 1. The van der Waals surface area contributed by atoms with Crippen molar-refractivity contribution in [3.05, 3.63) is 112 Å². The predicted molar refractivity (Wildman–Crippen MR) is 152 cm³/mol. The van der Waals surface area contributed by atoms with Crippen LogP contribution in [0.4, 0.5) is 10.5 Å². The van der Waals surface area contributed by atoms with Crippen LogP contribution in [-0.4, -0.2) is 28.6 Å². The maximum atomic E-state index is 13.0. The van der Waals surface area contributed by atoms with Crippen molar-refractivity contribution in [2.75, 3.05) is 11.9 Å². The van der Waals surface area contributed by atoms with E-state index < -0.39 is 0 Å². The van der Waals surface area contributed by atoms with Crippen molar-refractivity contribution in [3.63, 3.8) is 0 Å². The van der Waals surface area contributed by atoms with Crippen LogP contribution in [0.5, 0.6) is 5.75 Å². The number of nitrogens with one attached hydrogen (secondary N) is 1. The molecule has 1 aliphatic rings. The molecule has 0 aromatic heterocycles. The van der Waals surface area contributed by atoms with Crippen molar-refractivity contribution in [2.45, 2.75) is 20.4 Å². The fraction of sp³-hybridized carbons (Fsp3) is 0.129. The van der Waals surface area contributed by atoms with Gasteiger partial charge in [0.25, 0.3) is 17.1 Å². The van der Waals surface area contributed by atoms with Crippen molar-refractivity contribution in [1.29, 1.82) is 0 Å². The van der Waals surface area contributed by atoms with Gasteiger partial charge in [-0.1, -0.05) is 66.2 Å². The number of carbonyl (C=O) groups excluding carboxylic acids is 3. The van der Waals surface area contributed by atoms with Crippen LogP contribution >= 0.6 is 11.8 Å². The molecule has 1 heterocycles. The molecule has 6 nitrogen and oxygen atoms in total. The van der Waals surface area contributed by atoms with Gasteiger partial charge < -0.3 is 10.1 Å². The predicted octanol–water partition coefficient (Wildman–Crippen LogP) is 6.71. The lowest BCUT2D eigenvalue weighted by Crippen LogP contribution is -2.27. The first-order chi connectivity index (χ1) is 18.4. The van der Waals surface area contributed by atoms with E-state index >= 15 is 0 Å². The number of rotatable bonds is 7. The zero-order chi connectivity index (χ0) is 26.6. The van der Waals surface area contributed by atoms with E-state index in [4.69, 9.17) is 4.74 Å². The van der Waals surface area contributed by atoms with E-state index in [0.29, 0.717) is 16.2 Å². The zero-order valence-electron chi connectivity index (χ0n) is 21.1. The van der Waals surface area contributed by atoms with E-state index in [9.17, 15) is 14.4 Å². The Labute approximate surface area is 225 Å². The first-order valence-corrected chi connectivity index (χ1v) is 13.0. The van der Waals surface area contributed by atoms with Crippen molar-refractivity contribution in [1.82, 2.24) is 4.90 Å². The molecule has 0 spiro atoms. The van der Waals surface area contributed by atoms with E-state index in [1.54, 1.807) is 24.3 Å². The van der Waals surface area contributed by atoms with Crippen LogP contribution < -0.4 is 10.1 Å². The molecular weight excluding hydrogens is 496 g/mol. The van der Waals surface area contributed by atoms with Gasteiger partial charge in [0.15, 0.2) is 6.61 Å². The van der Waals surface area contributed by atoms with Crippen LogP contribution in [-0.2, 0) is 16.1 Å². The standard InChI is InChI=1S/C31H26N2O4S/c1-20-10-13-27(21(2)14-20)32-29(34)19-37-26-9-5-6-22(16-26)17-28-30(35)33(31(36)38-28)18-23-11-12-24-7-3-4-8-25(24)15-23/h3-17H,18-19H2,1-2H3,(H,32,34)/b28-17-. The summed E-state index contributed by atoms with van der Waals surface area (Å²) in [6.45, 7) is 4.00. The molecule has 1 fully saturated rings. The number of carbonyl (C=O) groups is 3. The van der Waals surface area contributed by atoms with Crippen molar-refractivity contribution < 1.29 is 19.1 Å². The molecule has 0 aliphatic carbocycles. The van der Waals surface area contributed by atoms with Gasteiger partial charge >= 0.3 is 0 Å². The van der Waals surface area contributed by atoms with Crippen LogP contribution in [0.1, 0.15) is 22.3 Å². The summed E-state index contributed by atoms with van der Waals surface area (Å²) >= 11 is 0.921.